The molecule has 0 spiro atoms. The van der Waals surface area contributed by atoms with Gasteiger partial charge in [-0.2, -0.15) is 0 Å². The zero-order chi connectivity index (χ0) is 15.2. The van der Waals surface area contributed by atoms with Crippen molar-refractivity contribution < 1.29 is 23.8 Å². The summed E-state index contributed by atoms with van der Waals surface area (Å²) in [4.78, 5) is 11.4. The lowest BCUT2D eigenvalue weighted by molar-refractivity contribution is -0.139. The van der Waals surface area contributed by atoms with E-state index < -0.39 is 17.7 Å². The zero-order valence-electron chi connectivity index (χ0n) is 11.5. The molecule has 0 aliphatic heterocycles. The number of halogens is 1. The van der Waals surface area contributed by atoms with Crippen LogP contribution in [0.3, 0.4) is 0 Å². The minimum absolute atomic E-state index is 0.0265. The monoisotopic (exact) mass is 290 g/mol. The number of rotatable bonds is 6. The van der Waals surface area contributed by atoms with Crippen molar-refractivity contribution in [2.24, 2.45) is 0 Å². The van der Waals surface area contributed by atoms with Gasteiger partial charge in [-0.1, -0.05) is 30.3 Å². The number of hydrogen-bond acceptors (Lipinski definition) is 3. The molecule has 4 nitrogen and oxygen atoms in total. The summed E-state index contributed by atoms with van der Waals surface area (Å²) in [6.45, 7) is -0.184. The van der Waals surface area contributed by atoms with Crippen LogP contribution in [0, 0.1) is 5.82 Å². The number of carboxylic acid groups (broad SMARTS) is 1. The third kappa shape index (κ3) is 3.51. The Kier molecular flexibility index (Phi) is 4.77. The summed E-state index contributed by atoms with van der Waals surface area (Å²) in [5.74, 6) is -2.04. The molecule has 2 aromatic rings. The van der Waals surface area contributed by atoms with E-state index in [1.165, 1.54) is 25.3 Å². The van der Waals surface area contributed by atoms with E-state index in [2.05, 4.69) is 0 Å². The van der Waals surface area contributed by atoms with E-state index in [9.17, 15) is 14.3 Å². The molecule has 0 fully saturated rings. The Bertz CT molecular complexity index is 627. The summed E-state index contributed by atoms with van der Waals surface area (Å²) in [7, 11) is 1.47. The van der Waals surface area contributed by atoms with Gasteiger partial charge in [-0.05, 0) is 18.2 Å². The van der Waals surface area contributed by atoms with Crippen molar-refractivity contribution >= 4 is 5.97 Å². The van der Waals surface area contributed by atoms with Gasteiger partial charge >= 0.3 is 5.97 Å². The van der Waals surface area contributed by atoms with Gasteiger partial charge in [0.05, 0.1) is 7.11 Å². The van der Waals surface area contributed by atoms with Gasteiger partial charge in [0.2, 0.25) is 0 Å². The molecule has 0 aliphatic rings. The van der Waals surface area contributed by atoms with E-state index in [4.69, 9.17) is 9.47 Å². The summed E-state index contributed by atoms with van der Waals surface area (Å²) in [5.41, 5.74) is 0.490. The van der Waals surface area contributed by atoms with Crippen LogP contribution in [-0.4, -0.2) is 24.8 Å². The highest BCUT2D eigenvalue weighted by atomic mass is 19.1. The maximum atomic E-state index is 13.5. The molecule has 110 valence electrons. The fraction of sp³-hybridized carbons (Fsp3) is 0.188. The maximum Gasteiger partial charge on any atom is 0.314 e. The topological polar surface area (TPSA) is 55.8 Å². The summed E-state index contributed by atoms with van der Waals surface area (Å²) in [6, 6.07) is 12.7. The van der Waals surface area contributed by atoms with Crippen molar-refractivity contribution in [2.45, 2.75) is 5.92 Å². The van der Waals surface area contributed by atoms with Crippen molar-refractivity contribution in [3.8, 4) is 11.5 Å². The third-order valence-electron chi connectivity index (χ3n) is 3.05. The first kappa shape index (κ1) is 14.8. The smallest absolute Gasteiger partial charge is 0.314 e. The second-order valence-electron chi connectivity index (χ2n) is 4.37. The van der Waals surface area contributed by atoms with Gasteiger partial charge in [0.25, 0.3) is 0 Å². The minimum atomic E-state index is -1.06. The maximum absolute atomic E-state index is 13.5. The van der Waals surface area contributed by atoms with Crippen LogP contribution in [0.5, 0.6) is 11.5 Å². The van der Waals surface area contributed by atoms with Crippen LogP contribution in [0.4, 0.5) is 4.39 Å². The van der Waals surface area contributed by atoms with Gasteiger partial charge < -0.3 is 14.6 Å². The lowest BCUT2D eigenvalue weighted by Crippen LogP contribution is -2.20. The van der Waals surface area contributed by atoms with E-state index >= 15 is 0 Å². The molecule has 2 aromatic carbocycles. The molecule has 0 heterocycles. The van der Waals surface area contributed by atoms with Crippen molar-refractivity contribution in [1.29, 1.82) is 0 Å². The molecular weight excluding hydrogens is 275 g/mol. The Morgan fingerprint density at radius 1 is 1.14 bits per heavy atom. The van der Waals surface area contributed by atoms with Crippen LogP contribution in [-0.2, 0) is 4.79 Å². The quantitative estimate of drug-likeness (QED) is 0.888. The van der Waals surface area contributed by atoms with Crippen molar-refractivity contribution in [2.75, 3.05) is 13.7 Å². The van der Waals surface area contributed by atoms with Crippen LogP contribution in [0.25, 0.3) is 0 Å². The van der Waals surface area contributed by atoms with Gasteiger partial charge in [-0.3, -0.25) is 4.79 Å². The molecule has 5 heteroatoms. The highest BCUT2D eigenvalue weighted by Crippen LogP contribution is 2.28. The summed E-state index contributed by atoms with van der Waals surface area (Å²) in [5, 5.41) is 9.36. The van der Waals surface area contributed by atoms with Crippen molar-refractivity contribution in [3.63, 3.8) is 0 Å². The van der Waals surface area contributed by atoms with E-state index in [0.29, 0.717) is 11.3 Å². The zero-order valence-corrected chi connectivity index (χ0v) is 11.5. The van der Waals surface area contributed by atoms with E-state index in [0.717, 1.165) is 0 Å². The van der Waals surface area contributed by atoms with Crippen LogP contribution in [0.15, 0.2) is 48.5 Å². The molecule has 1 N–H and O–H groups in total. The Hall–Kier alpha value is -2.56. The average Bonchev–Trinajstić information content (AvgIpc) is 2.49. The second-order valence-corrected chi connectivity index (χ2v) is 4.37. The van der Waals surface area contributed by atoms with Crippen molar-refractivity contribution in [3.05, 3.63) is 59.9 Å². The molecule has 1 unspecified atom stereocenters. The first-order valence-electron chi connectivity index (χ1n) is 6.36. The number of benzene rings is 2. The number of methoxy groups -OCH3 is 1. The molecule has 2 rings (SSSR count). The lowest BCUT2D eigenvalue weighted by Gasteiger charge is -2.17. The molecule has 0 aromatic heterocycles. The number of carbonyl (C=O) groups is 1. The molecule has 1 atom stereocenters. The van der Waals surface area contributed by atoms with Gasteiger partial charge in [0, 0.05) is 5.56 Å². The predicted molar refractivity (Wildman–Crippen MR) is 75.3 cm³/mol. The molecular formula is C16H15FO4. The Morgan fingerprint density at radius 3 is 2.38 bits per heavy atom. The third-order valence-corrected chi connectivity index (χ3v) is 3.05. The normalized spacial score (nSPS) is 11.7. The highest BCUT2D eigenvalue weighted by Gasteiger charge is 2.24. The Morgan fingerprint density at radius 2 is 1.76 bits per heavy atom. The predicted octanol–water partition coefficient (Wildman–Crippen LogP) is 3.08. The average molecular weight is 290 g/mol. The lowest BCUT2D eigenvalue weighted by atomic mass is 9.99. The van der Waals surface area contributed by atoms with E-state index in [1.807, 2.05) is 0 Å². The van der Waals surface area contributed by atoms with Crippen LogP contribution in [0.2, 0.25) is 0 Å². The number of carboxylic acids is 1. The van der Waals surface area contributed by atoms with Crippen LogP contribution >= 0.6 is 0 Å². The molecule has 0 bridgehead atoms. The second kappa shape index (κ2) is 6.74. The van der Waals surface area contributed by atoms with Gasteiger partial charge in [-0.25, -0.2) is 4.39 Å². The number of aliphatic carboxylic acids is 1. The number of ether oxygens (including phenoxy) is 2. The molecule has 0 amide bonds. The fourth-order valence-corrected chi connectivity index (χ4v) is 1.98. The fourth-order valence-electron chi connectivity index (χ4n) is 1.98. The standard InChI is InChI=1S/C16H15FO4/c1-20-14-8-4-2-6-11(14)12(16(18)19)10-21-15-9-5-3-7-13(15)17/h2-9,12H,10H2,1H3,(H,18,19). The largest absolute Gasteiger partial charge is 0.496 e. The minimum Gasteiger partial charge on any atom is -0.496 e. The molecule has 21 heavy (non-hydrogen) atoms. The van der Waals surface area contributed by atoms with Crippen LogP contribution < -0.4 is 9.47 Å². The summed E-state index contributed by atoms with van der Waals surface area (Å²) < 4.78 is 24.0. The van der Waals surface area contributed by atoms with Gasteiger partial charge in [0.1, 0.15) is 18.3 Å². The Labute approximate surface area is 121 Å². The number of hydrogen-bond donors (Lipinski definition) is 1. The number of para-hydroxylation sites is 2. The molecule has 0 saturated heterocycles. The first-order chi connectivity index (χ1) is 10.1. The van der Waals surface area contributed by atoms with Gasteiger partial charge in [0.15, 0.2) is 11.6 Å². The van der Waals surface area contributed by atoms with E-state index in [1.54, 1.807) is 30.3 Å². The first-order valence-corrected chi connectivity index (χ1v) is 6.36. The molecule has 0 aliphatic carbocycles. The van der Waals surface area contributed by atoms with Crippen LogP contribution in [0.1, 0.15) is 11.5 Å². The molecule has 0 radical (unpaired) electrons. The highest BCUT2D eigenvalue weighted by molar-refractivity contribution is 5.77. The molecule has 0 saturated carbocycles. The van der Waals surface area contributed by atoms with Gasteiger partial charge in [-0.15, -0.1) is 0 Å². The van der Waals surface area contributed by atoms with E-state index in [-0.39, 0.29) is 12.4 Å². The summed E-state index contributed by atoms with van der Waals surface area (Å²) >= 11 is 0. The van der Waals surface area contributed by atoms with Crippen molar-refractivity contribution in [1.82, 2.24) is 0 Å². The summed E-state index contributed by atoms with van der Waals surface area (Å²) in [6.07, 6.45) is 0. The Balaban J connectivity index is 2.21. The SMILES string of the molecule is COc1ccccc1C(COc1ccccc1F)C(=O)O.